The zero-order chi connectivity index (χ0) is 16.8. The summed E-state index contributed by atoms with van der Waals surface area (Å²) in [5, 5.41) is 0. The van der Waals surface area contributed by atoms with Crippen molar-refractivity contribution in [2.75, 3.05) is 6.61 Å². The Kier molecular flexibility index (Phi) is 3.54. The second kappa shape index (κ2) is 5.50. The second-order valence-corrected chi connectivity index (χ2v) is 5.92. The molecule has 0 bridgehead atoms. The van der Waals surface area contributed by atoms with E-state index in [-0.39, 0.29) is 0 Å². The lowest BCUT2D eigenvalue weighted by molar-refractivity contribution is -0.336. The lowest BCUT2D eigenvalue weighted by atomic mass is 10.0. The van der Waals surface area contributed by atoms with Crippen LogP contribution >= 0.6 is 0 Å². The first-order chi connectivity index (χ1) is 11.5. The third kappa shape index (κ3) is 2.76. The smallest absolute Gasteiger partial charge is 0.416 e. The van der Waals surface area contributed by atoms with Crippen LogP contribution in [0.2, 0.25) is 0 Å². The summed E-state index contributed by atoms with van der Waals surface area (Å²) in [5.74, 6) is -0.276. The van der Waals surface area contributed by atoms with Gasteiger partial charge in [0.2, 0.25) is 0 Å². The van der Waals surface area contributed by atoms with Gasteiger partial charge >= 0.3 is 12.1 Å². The predicted molar refractivity (Wildman–Crippen MR) is 80.2 cm³/mol. The molecule has 24 heavy (non-hydrogen) atoms. The summed E-state index contributed by atoms with van der Waals surface area (Å²) in [7, 11) is 0. The summed E-state index contributed by atoms with van der Waals surface area (Å²) >= 11 is 0. The molecular formula is C18H15F3O3. The van der Waals surface area contributed by atoms with Crippen LogP contribution in [-0.2, 0) is 22.3 Å². The van der Waals surface area contributed by atoms with Gasteiger partial charge in [-0.3, -0.25) is 0 Å². The molecule has 6 heteroatoms. The minimum absolute atomic E-state index is 0.351. The molecular weight excluding hydrogens is 321 g/mol. The molecule has 4 rings (SSSR count). The molecule has 0 radical (unpaired) electrons. The minimum Gasteiger partial charge on any atom is -0.439 e. The predicted octanol–water partition coefficient (Wildman–Crippen LogP) is 4.75. The maximum Gasteiger partial charge on any atom is 0.416 e. The van der Waals surface area contributed by atoms with Crippen LogP contribution in [0.3, 0.4) is 0 Å². The third-order valence-corrected chi connectivity index (χ3v) is 4.27. The van der Waals surface area contributed by atoms with Crippen molar-refractivity contribution in [3.63, 3.8) is 0 Å². The zero-order valence-electron chi connectivity index (χ0n) is 12.7. The van der Waals surface area contributed by atoms with Gasteiger partial charge in [0.05, 0.1) is 18.8 Å². The molecule has 2 aromatic carbocycles. The first kappa shape index (κ1) is 15.5. The van der Waals surface area contributed by atoms with E-state index in [1.54, 1.807) is 0 Å². The van der Waals surface area contributed by atoms with E-state index in [1.807, 2.05) is 18.2 Å². The van der Waals surface area contributed by atoms with Crippen molar-refractivity contribution in [2.24, 2.45) is 0 Å². The molecule has 0 aromatic heterocycles. The average molecular weight is 336 g/mol. The molecule has 126 valence electrons. The van der Waals surface area contributed by atoms with Gasteiger partial charge in [0.1, 0.15) is 5.75 Å². The van der Waals surface area contributed by atoms with Gasteiger partial charge in [0.25, 0.3) is 0 Å². The van der Waals surface area contributed by atoms with Crippen LogP contribution in [0.5, 0.6) is 5.75 Å². The highest BCUT2D eigenvalue weighted by Crippen LogP contribution is 2.39. The minimum atomic E-state index is -4.33. The highest BCUT2D eigenvalue weighted by molar-refractivity contribution is 5.66. The van der Waals surface area contributed by atoms with Crippen molar-refractivity contribution in [1.82, 2.24) is 0 Å². The molecule has 0 aliphatic carbocycles. The van der Waals surface area contributed by atoms with E-state index in [9.17, 15) is 13.2 Å². The summed E-state index contributed by atoms with van der Waals surface area (Å²) in [5.41, 5.74) is 1.73. The van der Waals surface area contributed by atoms with Crippen molar-refractivity contribution in [3.8, 4) is 16.9 Å². The monoisotopic (exact) mass is 336 g/mol. The second-order valence-electron chi connectivity index (χ2n) is 5.92. The molecule has 0 N–H and O–H groups in total. The summed E-state index contributed by atoms with van der Waals surface area (Å²) in [6.45, 7) is 0.961. The van der Waals surface area contributed by atoms with Crippen LogP contribution < -0.4 is 4.74 Å². The number of hydrogen-bond donors (Lipinski definition) is 0. The third-order valence-electron chi connectivity index (χ3n) is 4.27. The molecule has 2 aliphatic heterocycles. The van der Waals surface area contributed by atoms with Crippen molar-refractivity contribution in [3.05, 3.63) is 53.6 Å². The van der Waals surface area contributed by atoms with Crippen LogP contribution in [0.15, 0.2) is 42.5 Å². The lowest BCUT2D eigenvalue weighted by Crippen LogP contribution is -2.41. The van der Waals surface area contributed by atoms with Gasteiger partial charge in [-0.15, -0.1) is 0 Å². The van der Waals surface area contributed by atoms with Crippen LogP contribution in [0, 0.1) is 0 Å². The standard InChI is InChI=1S/C18H15F3O3/c19-18(20,21)15-5-2-12(3-6-15)13-4-7-16-14(10-13)11-23-17(24-16)8-1-9-22-17/h2-7,10H,1,8-9,11H2. The van der Waals surface area contributed by atoms with Crippen LogP contribution in [-0.4, -0.2) is 12.6 Å². The first-order valence-corrected chi connectivity index (χ1v) is 7.73. The van der Waals surface area contributed by atoms with Crippen molar-refractivity contribution >= 4 is 0 Å². The van der Waals surface area contributed by atoms with Gasteiger partial charge < -0.3 is 14.2 Å². The number of fused-ring (bicyclic) bond motifs is 1. The molecule has 0 amide bonds. The molecule has 3 nitrogen and oxygen atoms in total. The summed E-state index contributed by atoms with van der Waals surface area (Å²) in [6, 6.07) is 10.6. The molecule has 2 aromatic rings. The normalized spacial score (nSPS) is 23.1. The lowest BCUT2D eigenvalue weighted by Gasteiger charge is -2.34. The van der Waals surface area contributed by atoms with Gasteiger partial charge in [0.15, 0.2) is 0 Å². The molecule has 1 spiro atoms. The Morgan fingerprint density at radius 1 is 0.917 bits per heavy atom. The largest absolute Gasteiger partial charge is 0.439 e. The highest BCUT2D eigenvalue weighted by Gasteiger charge is 2.42. The summed E-state index contributed by atoms with van der Waals surface area (Å²) in [6.07, 6.45) is -2.75. The average Bonchev–Trinajstić information content (AvgIpc) is 3.02. The number of alkyl halides is 3. The topological polar surface area (TPSA) is 27.7 Å². The van der Waals surface area contributed by atoms with Gasteiger partial charge in [-0.2, -0.15) is 13.2 Å². The Balaban J connectivity index is 1.60. The van der Waals surface area contributed by atoms with E-state index >= 15 is 0 Å². The fraction of sp³-hybridized carbons (Fsp3) is 0.333. The molecule has 1 atom stereocenters. The first-order valence-electron chi connectivity index (χ1n) is 7.73. The quantitative estimate of drug-likeness (QED) is 0.752. The van der Waals surface area contributed by atoms with Gasteiger partial charge in [-0.25, -0.2) is 0 Å². The Morgan fingerprint density at radius 2 is 1.67 bits per heavy atom. The van der Waals surface area contributed by atoms with Crippen LogP contribution in [0.4, 0.5) is 13.2 Å². The highest BCUT2D eigenvalue weighted by atomic mass is 19.4. The maximum absolute atomic E-state index is 12.6. The van der Waals surface area contributed by atoms with Gasteiger partial charge in [-0.1, -0.05) is 18.2 Å². The fourth-order valence-electron chi connectivity index (χ4n) is 2.99. The number of benzene rings is 2. The molecule has 1 fully saturated rings. The fourth-order valence-corrected chi connectivity index (χ4v) is 2.99. The van der Waals surface area contributed by atoms with Gasteiger partial charge in [-0.05, 0) is 41.8 Å². The van der Waals surface area contributed by atoms with Crippen molar-refractivity contribution in [1.29, 1.82) is 0 Å². The summed E-state index contributed by atoms with van der Waals surface area (Å²) < 4.78 is 55.0. The summed E-state index contributed by atoms with van der Waals surface area (Å²) in [4.78, 5) is 0. The Bertz CT molecular complexity index is 747. The van der Waals surface area contributed by atoms with Crippen molar-refractivity contribution < 1.29 is 27.4 Å². The number of halogens is 3. The molecule has 1 saturated heterocycles. The Morgan fingerprint density at radius 3 is 2.33 bits per heavy atom. The van der Waals surface area contributed by atoms with Crippen LogP contribution in [0.1, 0.15) is 24.0 Å². The number of hydrogen-bond acceptors (Lipinski definition) is 3. The number of rotatable bonds is 1. The van der Waals surface area contributed by atoms with E-state index in [4.69, 9.17) is 14.2 Å². The Hall–Kier alpha value is -2.05. The van der Waals surface area contributed by atoms with Crippen LogP contribution in [0.25, 0.3) is 11.1 Å². The SMILES string of the molecule is FC(F)(F)c1ccc(-c2ccc3c(c2)COC2(CCCO2)O3)cc1. The van der Waals surface area contributed by atoms with E-state index in [0.717, 1.165) is 29.7 Å². The Labute approximate surface area is 137 Å². The molecule has 2 aliphatic rings. The van der Waals surface area contributed by atoms with Gasteiger partial charge in [0, 0.05) is 12.0 Å². The van der Waals surface area contributed by atoms with E-state index in [1.165, 1.54) is 12.1 Å². The van der Waals surface area contributed by atoms with E-state index < -0.39 is 17.7 Å². The molecule has 2 heterocycles. The maximum atomic E-state index is 12.6. The van der Waals surface area contributed by atoms with E-state index in [0.29, 0.717) is 30.9 Å². The molecule has 1 unspecified atom stereocenters. The number of ether oxygens (including phenoxy) is 3. The van der Waals surface area contributed by atoms with Crippen molar-refractivity contribution in [2.45, 2.75) is 31.6 Å². The zero-order valence-corrected chi connectivity index (χ0v) is 12.7. The molecule has 0 saturated carbocycles. The van der Waals surface area contributed by atoms with E-state index in [2.05, 4.69) is 0 Å².